The first-order valence-corrected chi connectivity index (χ1v) is 4.64. The summed E-state index contributed by atoms with van der Waals surface area (Å²) in [5, 5.41) is 0. The van der Waals surface area contributed by atoms with Crippen molar-refractivity contribution in [3.05, 3.63) is 12.2 Å². The Labute approximate surface area is 66.8 Å². The number of nitrogens with one attached hydrogen (secondary N) is 2. The van der Waals surface area contributed by atoms with Crippen molar-refractivity contribution in [2.24, 2.45) is 5.73 Å². The Morgan fingerprint density at radius 3 is 2.55 bits per heavy atom. The SMILES string of the molecule is CNS(=O)(=O)NC/C=C/CN. The van der Waals surface area contributed by atoms with E-state index in [-0.39, 0.29) is 6.54 Å². The zero-order valence-electron chi connectivity index (χ0n) is 6.37. The third kappa shape index (κ3) is 5.99. The van der Waals surface area contributed by atoms with E-state index >= 15 is 0 Å². The van der Waals surface area contributed by atoms with Gasteiger partial charge in [-0.3, -0.25) is 0 Å². The first-order valence-electron chi connectivity index (χ1n) is 3.15. The summed E-state index contributed by atoms with van der Waals surface area (Å²) in [7, 11) is -1.95. The summed E-state index contributed by atoms with van der Waals surface area (Å²) in [4.78, 5) is 0. The van der Waals surface area contributed by atoms with Gasteiger partial charge in [-0.1, -0.05) is 12.2 Å². The molecule has 0 aromatic heterocycles. The van der Waals surface area contributed by atoms with Crippen molar-refractivity contribution in [2.75, 3.05) is 20.1 Å². The van der Waals surface area contributed by atoms with Crippen molar-refractivity contribution in [1.29, 1.82) is 0 Å². The minimum atomic E-state index is -3.29. The molecule has 0 saturated heterocycles. The summed E-state index contributed by atoms with van der Waals surface area (Å²) < 4.78 is 25.7. The van der Waals surface area contributed by atoms with Crippen molar-refractivity contribution >= 4 is 10.2 Å². The smallest absolute Gasteiger partial charge is 0.276 e. The molecule has 11 heavy (non-hydrogen) atoms. The Balaban J connectivity index is 3.63. The predicted molar refractivity (Wildman–Crippen MR) is 44.2 cm³/mol. The van der Waals surface area contributed by atoms with E-state index in [2.05, 4.69) is 9.44 Å². The minimum Gasteiger partial charge on any atom is -0.327 e. The molecule has 0 aromatic carbocycles. The van der Waals surface area contributed by atoms with Gasteiger partial charge >= 0.3 is 0 Å². The topological polar surface area (TPSA) is 84.2 Å². The highest BCUT2D eigenvalue weighted by Gasteiger charge is 2.00. The van der Waals surface area contributed by atoms with Crippen LogP contribution in [0.5, 0.6) is 0 Å². The third-order valence-electron chi connectivity index (χ3n) is 0.963. The molecule has 0 saturated carbocycles. The van der Waals surface area contributed by atoms with Crippen LogP contribution in [0.3, 0.4) is 0 Å². The predicted octanol–water partition coefficient (Wildman–Crippen LogP) is -1.44. The Kier molecular flexibility index (Phi) is 5.05. The monoisotopic (exact) mass is 179 g/mol. The van der Waals surface area contributed by atoms with Crippen LogP contribution in [-0.4, -0.2) is 28.6 Å². The maximum Gasteiger partial charge on any atom is 0.276 e. The highest BCUT2D eigenvalue weighted by molar-refractivity contribution is 7.87. The van der Waals surface area contributed by atoms with Gasteiger partial charge in [0, 0.05) is 20.1 Å². The number of rotatable bonds is 5. The molecule has 0 heterocycles. The van der Waals surface area contributed by atoms with Gasteiger partial charge in [-0.05, 0) is 0 Å². The van der Waals surface area contributed by atoms with Crippen molar-refractivity contribution in [3.63, 3.8) is 0 Å². The van der Waals surface area contributed by atoms with E-state index < -0.39 is 10.2 Å². The fourth-order valence-corrected chi connectivity index (χ4v) is 0.870. The maximum absolute atomic E-state index is 10.7. The molecule has 0 amide bonds. The highest BCUT2D eigenvalue weighted by atomic mass is 32.2. The summed E-state index contributed by atoms with van der Waals surface area (Å²) in [6, 6.07) is 0. The fourth-order valence-electron chi connectivity index (χ4n) is 0.410. The van der Waals surface area contributed by atoms with Gasteiger partial charge in [0.25, 0.3) is 10.2 Å². The molecule has 0 aliphatic rings. The van der Waals surface area contributed by atoms with E-state index in [9.17, 15) is 8.42 Å². The lowest BCUT2D eigenvalue weighted by atomic mass is 10.5. The quantitative estimate of drug-likeness (QED) is 0.452. The van der Waals surface area contributed by atoms with Gasteiger partial charge in [0.05, 0.1) is 0 Å². The second-order valence-electron chi connectivity index (χ2n) is 1.76. The Bertz CT molecular complexity index is 210. The van der Waals surface area contributed by atoms with Gasteiger partial charge in [-0.25, -0.2) is 4.72 Å². The summed E-state index contributed by atoms with van der Waals surface area (Å²) >= 11 is 0. The molecule has 0 spiro atoms. The normalized spacial score (nSPS) is 12.5. The van der Waals surface area contributed by atoms with E-state index in [1.165, 1.54) is 7.05 Å². The number of hydrogen-bond donors (Lipinski definition) is 3. The third-order valence-corrected chi connectivity index (χ3v) is 2.05. The fraction of sp³-hybridized carbons (Fsp3) is 0.600. The van der Waals surface area contributed by atoms with Crippen LogP contribution in [-0.2, 0) is 10.2 Å². The largest absolute Gasteiger partial charge is 0.327 e. The summed E-state index contributed by atoms with van der Waals surface area (Å²) in [5.74, 6) is 0. The zero-order chi connectivity index (χ0) is 8.74. The van der Waals surface area contributed by atoms with E-state index in [4.69, 9.17) is 5.73 Å². The van der Waals surface area contributed by atoms with Crippen LogP contribution in [0, 0.1) is 0 Å². The summed E-state index contributed by atoms with van der Waals surface area (Å²) in [5.41, 5.74) is 5.13. The molecule has 0 unspecified atom stereocenters. The average molecular weight is 179 g/mol. The molecule has 0 bridgehead atoms. The highest BCUT2D eigenvalue weighted by Crippen LogP contribution is 1.73. The Morgan fingerprint density at radius 2 is 2.09 bits per heavy atom. The molecule has 0 atom stereocenters. The van der Waals surface area contributed by atoms with Crippen LogP contribution in [0.15, 0.2) is 12.2 Å². The van der Waals surface area contributed by atoms with Gasteiger partial charge < -0.3 is 5.73 Å². The molecule has 0 aliphatic heterocycles. The second kappa shape index (κ2) is 5.25. The molecule has 5 nitrogen and oxygen atoms in total. The lowest BCUT2D eigenvalue weighted by Gasteiger charge is -1.99. The minimum absolute atomic E-state index is 0.264. The lowest BCUT2D eigenvalue weighted by molar-refractivity contribution is 0.577. The van der Waals surface area contributed by atoms with Crippen molar-refractivity contribution in [3.8, 4) is 0 Å². The molecule has 0 aliphatic carbocycles. The average Bonchev–Trinajstić information content (AvgIpc) is 1.99. The van der Waals surface area contributed by atoms with Crippen LogP contribution in [0.4, 0.5) is 0 Å². The van der Waals surface area contributed by atoms with Gasteiger partial charge in [-0.15, -0.1) is 0 Å². The lowest BCUT2D eigenvalue weighted by Crippen LogP contribution is -2.33. The van der Waals surface area contributed by atoms with Crippen LogP contribution < -0.4 is 15.2 Å². The standard InChI is InChI=1S/C5H13N3O2S/c1-7-11(9,10)8-5-3-2-4-6/h2-3,7-8H,4-6H2,1H3/b3-2+. The Morgan fingerprint density at radius 1 is 1.45 bits per heavy atom. The van der Waals surface area contributed by atoms with E-state index in [0.29, 0.717) is 6.54 Å². The zero-order valence-corrected chi connectivity index (χ0v) is 7.19. The van der Waals surface area contributed by atoms with Gasteiger partial charge in [-0.2, -0.15) is 13.1 Å². The molecule has 4 N–H and O–H groups in total. The number of hydrogen-bond acceptors (Lipinski definition) is 3. The van der Waals surface area contributed by atoms with Crippen molar-refractivity contribution in [2.45, 2.75) is 0 Å². The molecule has 0 radical (unpaired) electrons. The summed E-state index contributed by atoms with van der Waals surface area (Å²) in [6.07, 6.45) is 3.33. The van der Waals surface area contributed by atoms with E-state index in [1.54, 1.807) is 12.2 Å². The molecule has 6 heteroatoms. The van der Waals surface area contributed by atoms with Crippen LogP contribution in [0.1, 0.15) is 0 Å². The van der Waals surface area contributed by atoms with E-state index in [1.807, 2.05) is 0 Å². The Hall–Kier alpha value is -0.430. The van der Waals surface area contributed by atoms with Gasteiger partial charge in [0.2, 0.25) is 0 Å². The van der Waals surface area contributed by atoms with Crippen LogP contribution >= 0.6 is 0 Å². The van der Waals surface area contributed by atoms with E-state index in [0.717, 1.165) is 0 Å². The van der Waals surface area contributed by atoms with Crippen LogP contribution in [0.25, 0.3) is 0 Å². The first kappa shape index (κ1) is 10.6. The molecule has 0 rings (SSSR count). The van der Waals surface area contributed by atoms with Gasteiger partial charge in [0.1, 0.15) is 0 Å². The molecule has 0 aromatic rings. The molecular formula is C5H13N3O2S. The molecule has 0 fully saturated rings. The maximum atomic E-state index is 10.7. The second-order valence-corrected chi connectivity index (χ2v) is 3.47. The van der Waals surface area contributed by atoms with Crippen LogP contribution in [0.2, 0.25) is 0 Å². The molecule has 66 valence electrons. The van der Waals surface area contributed by atoms with Crippen molar-refractivity contribution < 1.29 is 8.42 Å². The number of nitrogens with two attached hydrogens (primary N) is 1. The first-order chi connectivity index (χ1) is 5.12. The van der Waals surface area contributed by atoms with Crippen molar-refractivity contribution in [1.82, 2.24) is 9.44 Å². The van der Waals surface area contributed by atoms with Gasteiger partial charge in [0.15, 0.2) is 0 Å². The molecular weight excluding hydrogens is 166 g/mol. The summed E-state index contributed by atoms with van der Waals surface area (Å²) in [6.45, 7) is 0.682.